The van der Waals surface area contributed by atoms with Crippen LogP contribution < -0.4 is 0 Å². The van der Waals surface area contributed by atoms with Gasteiger partial charge in [0.15, 0.2) is 0 Å². The Labute approximate surface area is 161 Å². The van der Waals surface area contributed by atoms with E-state index in [1.807, 2.05) is 23.1 Å². The lowest BCUT2D eigenvalue weighted by molar-refractivity contribution is -0.165. The zero-order valence-corrected chi connectivity index (χ0v) is 15.6. The number of aliphatic hydroxyl groups is 1. The molecule has 2 heterocycles. The number of carbonyl (C=O) groups is 1. The van der Waals surface area contributed by atoms with E-state index < -0.39 is 17.5 Å². The molecule has 2 atom stereocenters. The Morgan fingerprint density at radius 1 is 1.33 bits per heavy atom. The summed E-state index contributed by atoms with van der Waals surface area (Å²) in [5.74, 6) is 0.307. The number of aliphatic hydroxyl groups excluding tert-OH is 1. The van der Waals surface area contributed by atoms with Crippen molar-refractivity contribution in [2.45, 2.75) is 38.3 Å². The Morgan fingerprint density at radius 3 is 2.81 bits per heavy atom. The average molecular weight is 392 g/mol. The smallest absolute Gasteiger partial charge is 0.313 e. The fourth-order valence-electron chi connectivity index (χ4n) is 3.90. The molecule has 1 aromatic carbocycles. The van der Waals surface area contributed by atoms with Crippen LogP contribution in [0.1, 0.15) is 31.6 Å². The average Bonchev–Trinajstić information content (AvgIpc) is 3.34. The maximum absolute atomic E-state index is 12.0. The molecule has 7 nitrogen and oxygen atoms in total. The number of hydrogen-bond donors (Lipinski definition) is 2. The van der Waals surface area contributed by atoms with Crippen LogP contribution in [0, 0.1) is 11.3 Å². The highest BCUT2D eigenvalue weighted by molar-refractivity contribution is 6.33. The van der Waals surface area contributed by atoms with E-state index in [9.17, 15) is 15.0 Å². The van der Waals surface area contributed by atoms with Gasteiger partial charge in [-0.25, -0.2) is 0 Å². The van der Waals surface area contributed by atoms with Gasteiger partial charge in [0.2, 0.25) is 11.7 Å². The van der Waals surface area contributed by atoms with Gasteiger partial charge in [-0.15, -0.1) is 0 Å². The largest absolute Gasteiger partial charge is 0.481 e. The van der Waals surface area contributed by atoms with Crippen LogP contribution in [0.4, 0.5) is 0 Å². The summed E-state index contributed by atoms with van der Waals surface area (Å²) in [5.41, 5.74) is -0.429. The monoisotopic (exact) mass is 391 g/mol. The summed E-state index contributed by atoms with van der Waals surface area (Å²) in [6.07, 6.45) is 2.21. The van der Waals surface area contributed by atoms with Crippen molar-refractivity contribution in [3.8, 4) is 11.4 Å². The normalized spacial score (nSPS) is 26.2. The fraction of sp³-hybridized carbons (Fsp3) is 0.526. The van der Waals surface area contributed by atoms with Crippen LogP contribution >= 0.6 is 11.6 Å². The van der Waals surface area contributed by atoms with E-state index in [0.29, 0.717) is 54.2 Å². The quantitative estimate of drug-likeness (QED) is 0.780. The number of hydrogen-bond acceptors (Lipinski definition) is 6. The summed E-state index contributed by atoms with van der Waals surface area (Å²) >= 11 is 6.18. The number of piperidine rings is 1. The summed E-state index contributed by atoms with van der Waals surface area (Å²) in [7, 11) is 0. The van der Waals surface area contributed by atoms with Crippen molar-refractivity contribution in [3.63, 3.8) is 0 Å². The number of nitrogens with zero attached hydrogens (tertiary/aromatic N) is 3. The highest BCUT2D eigenvalue weighted by Crippen LogP contribution is 2.45. The third kappa shape index (κ3) is 3.72. The molecule has 1 aliphatic carbocycles. The molecule has 1 aliphatic heterocycles. The first-order valence-corrected chi connectivity index (χ1v) is 9.57. The van der Waals surface area contributed by atoms with E-state index in [1.165, 1.54) is 0 Å². The Bertz CT molecular complexity index is 838. The third-order valence-electron chi connectivity index (χ3n) is 5.58. The molecule has 0 radical (unpaired) electrons. The maximum atomic E-state index is 12.0. The molecule has 8 heteroatoms. The highest BCUT2D eigenvalue weighted by Gasteiger charge is 2.51. The maximum Gasteiger partial charge on any atom is 0.313 e. The lowest BCUT2D eigenvalue weighted by atomic mass is 9.73. The van der Waals surface area contributed by atoms with Gasteiger partial charge < -0.3 is 14.7 Å². The van der Waals surface area contributed by atoms with Gasteiger partial charge in [0, 0.05) is 18.7 Å². The van der Waals surface area contributed by atoms with E-state index in [-0.39, 0.29) is 6.54 Å². The zero-order chi connectivity index (χ0) is 19.0. The minimum atomic E-state index is -1.12. The Hall–Kier alpha value is -1.96. The molecule has 0 unspecified atom stereocenters. The molecule has 0 spiro atoms. The molecular weight excluding hydrogens is 370 g/mol. The zero-order valence-electron chi connectivity index (χ0n) is 14.8. The molecule has 1 saturated heterocycles. The number of rotatable bonds is 6. The summed E-state index contributed by atoms with van der Waals surface area (Å²) in [6, 6.07) is 7.26. The molecule has 1 aromatic heterocycles. The molecule has 4 rings (SSSR count). The van der Waals surface area contributed by atoms with Crippen LogP contribution in [-0.2, 0) is 11.3 Å². The molecule has 2 aliphatic rings. The number of carboxylic acid groups (broad SMARTS) is 1. The summed E-state index contributed by atoms with van der Waals surface area (Å²) < 4.78 is 5.35. The molecule has 0 amide bonds. The molecule has 0 bridgehead atoms. The predicted molar refractivity (Wildman–Crippen MR) is 98.1 cm³/mol. The molecule has 2 N–H and O–H groups in total. The van der Waals surface area contributed by atoms with Crippen molar-refractivity contribution >= 4 is 17.6 Å². The second kappa shape index (κ2) is 7.22. The Kier molecular flexibility index (Phi) is 4.92. The summed E-state index contributed by atoms with van der Waals surface area (Å²) in [6.45, 7) is 1.22. The SMILES string of the molecule is O=C(O)[C@]1(CC2CC2)CN(Cc2nc(-c3ccccc3Cl)no2)CC[C@@H]1O. The van der Waals surface area contributed by atoms with Crippen LogP contribution in [0.3, 0.4) is 0 Å². The predicted octanol–water partition coefficient (Wildman–Crippen LogP) is 2.83. The number of aromatic nitrogens is 2. The lowest BCUT2D eigenvalue weighted by Crippen LogP contribution is -2.56. The number of carboxylic acids is 1. The van der Waals surface area contributed by atoms with Crippen LogP contribution in [0.5, 0.6) is 0 Å². The number of aliphatic carboxylic acids is 1. The van der Waals surface area contributed by atoms with E-state index in [1.54, 1.807) is 6.07 Å². The van der Waals surface area contributed by atoms with Crippen LogP contribution in [0.25, 0.3) is 11.4 Å². The second-order valence-corrected chi connectivity index (χ2v) is 8.02. The van der Waals surface area contributed by atoms with Gasteiger partial charge >= 0.3 is 5.97 Å². The van der Waals surface area contributed by atoms with Crippen LogP contribution in [0.15, 0.2) is 28.8 Å². The van der Waals surface area contributed by atoms with E-state index in [2.05, 4.69) is 10.1 Å². The standard InChI is InChI=1S/C19H22ClN3O4/c20-14-4-2-1-3-13(14)17-21-16(27-22-17)10-23-8-7-15(24)19(11-23,18(25)26)9-12-5-6-12/h1-4,12,15,24H,5-11H2,(H,25,26)/t15-,19+/m0/s1. The first kappa shape index (κ1) is 18.4. The highest BCUT2D eigenvalue weighted by atomic mass is 35.5. The first-order valence-electron chi connectivity index (χ1n) is 9.19. The van der Waals surface area contributed by atoms with Gasteiger partial charge in [-0.1, -0.05) is 41.7 Å². The minimum Gasteiger partial charge on any atom is -0.481 e. The number of benzene rings is 1. The number of halogens is 1. The molecule has 27 heavy (non-hydrogen) atoms. The second-order valence-electron chi connectivity index (χ2n) is 7.62. The van der Waals surface area contributed by atoms with E-state index >= 15 is 0 Å². The van der Waals surface area contributed by atoms with Crippen molar-refractivity contribution in [1.82, 2.24) is 15.0 Å². The van der Waals surface area contributed by atoms with Gasteiger partial charge in [-0.2, -0.15) is 4.98 Å². The third-order valence-corrected chi connectivity index (χ3v) is 5.91. The van der Waals surface area contributed by atoms with Crippen molar-refractivity contribution < 1.29 is 19.5 Å². The molecule has 144 valence electrons. The van der Waals surface area contributed by atoms with E-state index in [0.717, 1.165) is 12.8 Å². The Balaban J connectivity index is 1.50. The molecule has 2 aromatic rings. The molecule has 2 fully saturated rings. The van der Waals surface area contributed by atoms with Gasteiger partial charge in [-0.3, -0.25) is 9.69 Å². The summed E-state index contributed by atoms with van der Waals surface area (Å²) in [4.78, 5) is 18.4. The minimum absolute atomic E-state index is 0.282. The van der Waals surface area contributed by atoms with Gasteiger partial charge in [0.1, 0.15) is 5.41 Å². The summed E-state index contributed by atoms with van der Waals surface area (Å²) in [5, 5.41) is 24.8. The van der Waals surface area contributed by atoms with Gasteiger partial charge in [-0.05, 0) is 30.9 Å². The van der Waals surface area contributed by atoms with Crippen molar-refractivity contribution in [2.24, 2.45) is 11.3 Å². The Morgan fingerprint density at radius 2 is 2.11 bits per heavy atom. The van der Waals surface area contributed by atoms with Crippen LogP contribution in [-0.4, -0.2) is 50.4 Å². The van der Waals surface area contributed by atoms with Crippen LogP contribution in [0.2, 0.25) is 5.02 Å². The van der Waals surface area contributed by atoms with Gasteiger partial charge in [0.25, 0.3) is 0 Å². The fourth-order valence-corrected chi connectivity index (χ4v) is 4.12. The van der Waals surface area contributed by atoms with E-state index in [4.69, 9.17) is 16.1 Å². The first-order chi connectivity index (χ1) is 13.0. The van der Waals surface area contributed by atoms with Crippen molar-refractivity contribution in [2.75, 3.05) is 13.1 Å². The molecular formula is C19H22ClN3O4. The number of likely N-dealkylation sites (tertiary alicyclic amines) is 1. The van der Waals surface area contributed by atoms with Crippen molar-refractivity contribution in [1.29, 1.82) is 0 Å². The molecule has 1 saturated carbocycles. The lowest BCUT2D eigenvalue weighted by Gasteiger charge is -2.43. The van der Waals surface area contributed by atoms with Gasteiger partial charge in [0.05, 0.1) is 17.7 Å². The topological polar surface area (TPSA) is 99.7 Å². The van der Waals surface area contributed by atoms with Crippen molar-refractivity contribution in [3.05, 3.63) is 35.2 Å².